The summed E-state index contributed by atoms with van der Waals surface area (Å²) in [7, 11) is 0. The Bertz CT molecular complexity index is 674. The molecule has 1 N–H and O–H groups in total. The van der Waals surface area contributed by atoms with E-state index in [1.165, 1.54) is 50.6 Å². The molecule has 154 valence electrons. The molecule has 0 bridgehead atoms. The number of rotatable bonds is 2. The molecule has 2 heterocycles. The Labute approximate surface area is 175 Å². The fourth-order valence-corrected chi connectivity index (χ4v) is 6.36. The van der Waals surface area contributed by atoms with Gasteiger partial charge >= 0.3 is 0 Å². The van der Waals surface area contributed by atoms with Gasteiger partial charge in [0.25, 0.3) is 0 Å². The van der Waals surface area contributed by atoms with E-state index in [0.29, 0.717) is 6.67 Å². The lowest BCUT2D eigenvalue weighted by Crippen LogP contribution is -2.61. The zero-order valence-corrected chi connectivity index (χ0v) is 17.6. The van der Waals surface area contributed by atoms with Crippen molar-refractivity contribution in [3.63, 3.8) is 0 Å². The zero-order valence-electron chi connectivity index (χ0n) is 16.8. The topological polar surface area (TPSA) is 35.6 Å². The van der Waals surface area contributed by atoms with Crippen LogP contribution in [0.3, 0.4) is 0 Å². The predicted molar refractivity (Wildman–Crippen MR) is 116 cm³/mol. The Morgan fingerprint density at radius 1 is 0.964 bits per heavy atom. The summed E-state index contributed by atoms with van der Waals surface area (Å²) in [6.45, 7) is 2.80. The van der Waals surface area contributed by atoms with Crippen LogP contribution in [0, 0.1) is 11.8 Å². The van der Waals surface area contributed by atoms with Crippen molar-refractivity contribution in [2.45, 2.75) is 69.4 Å². The Balaban J connectivity index is 0.00000192. The first kappa shape index (κ1) is 20.0. The van der Waals surface area contributed by atoms with Crippen molar-refractivity contribution in [2.75, 3.05) is 24.7 Å². The van der Waals surface area contributed by atoms with E-state index >= 15 is 0 Å². The standard InChI is InChI=1S/C23H33N3O.ClH/c27-22-23(26(17-24-22)19-9-5-3-6-10-19)12-14-25(15-13-23)21-16-18-8-4-1-2-7-11-20(18)21;/h3,5-6,9-10,18,20-21H,1-2,4,7-8,11-17H2,(H,24,27);1H. The van der Waals surface area contributed by atoms with Crippen LogP contribution in [-0.2, 0) is 4.79 Å². The van der Waals surface area contributed by atoms with Gasteiger partial charge in [-0.3, -0.25) is 9.69 Å². The lowest BCUT2D eigenvalue weighted by Gasteiger charge is -2.54. The number of hydrogen-bond donors (Lipinski definition) is 1. The van der Waals surface area contributed by atoms with E-state index in [1.54, 1.807) is 0 Å². The van der Waals surface area contributed by atoms with E-state index in [1.807, 2.05) is 6.07 Å². The number of nitrogens with zero attached hydrogens (tertiary/aromatic N) is 2. The van der Waals surface area contributed by atoms with Crippen LogP contribution in [-0.4, -0.2) is 42.1 Å². The molecule has 4 nitrogen and oxygen atoms in total. The molecule has 28 heavy (non-hydrogen) atoms. The van der Waals surface area contributed by atoms with Gasteiger partial charge in [-0.1, -0.05) is 50.3 Å². The number of halogens is 1. The third kappa shape index (κ3) is 3.33. The maximum atomic E-state index is 12.8. The molecule has 4 aliphatic rings. The van der Waals surface area contributed by atoms with E-state index in [4.69, 9.17) is 0 Å². The lowest BCUT2D eigenvalue weighted by atomic mass is 9.63. The van der Waals surface area contributed by atoms with Gasteiger partial charge in [-0.2, -0.15) is 0 Å². The Kier molecular flexibility index (Phi) is 5.89. The molecule has 1 aromatic carbocycles. The monoisotopic (exact) mass is 403 g/mol. The number of likely N-dealkylation sites (tertiary alicyclic amines) is 1. The van der Waals surface area contributed by atoms with Crippen LogP contribution in [0.5, 0.6) is 0 Å². The number of para-hydroxylation sites is 1. The van der Waals surface area contributed by atoms with Gasteiger partial charge in [0.15, 0.2) is 0 Å². The van der Waals surface area contributed by atoms with Gasteiger partial charge in [0.1, 0.15) is 5.54 Å². The van der Waals surface area contributed by atoms with Gasteiger partial charge in [-0.05, 0) is 49.7 Å². The number of benzene rings is 1. The number of anilines is 1. The average molecular weight is 404 g/mol. The first-order valence-corrected chi connectivity index (χ1v) is 11.1. The van der Waals surface area contributed by atoms with Crippen LogP contribution in [0.15, 0.2) is 30.3 Å². The first-order valence-electron chi connectivity index (χ1n) is 11.1. The molecule has 4 fully saturated rings. The van der Waals surface area contributed by atoms with Crippen LogP contribution in [0.4, 0.5) is 5.69 Å². The molecule has 3 atom stereocenters. The fourth-order valence-electron chi connectivity index (χ4n) is 6.36. The van der Waals surface area contributed by atoms with Crippen LogP contribution >= 0.6 is 12.4 Å². The minimum Gasteiger partial charge on any atom is -0.339 e. The minimum atomic E-state index is -0.331. The molecule has 2 saturated heterocycles. The van der Waals surface area contributed by atoms with Gasteiger partial charge in [-0.25, -0.2) is 0 Å². The Morgan fingerprint density at radius 2 is 1.68 bits per heavy atom. The molecule has 5 rings (SSSR count). The van der Waals surface area contributed by atoms with Gasteiger partial charge in [-0.15, -0.1) is 12.4 Å². The van der Waals surface area contributed by atoms with Crippen molar-refractivity contribution in [2.24, 2.45) is 11.8 Å². The molecular formula is C23H34ClN3O. The van der Waals surface area contributed by atoms with Crippen LogP contribution in [0.2, 0.25) is 0 Å². The molecule has 1 spiro atoms. The fraction of sp³-hybridized carbons (Fsp3) is 0.696. The quantitative estimate of drug-likeness (QED) is 0.803. The van der Waals surface area contributed by atoms with Crippen LogP contribution in [0.25, 0.3) is 0 Å². The van der Waals surface area contributed by atoms with E-state index in [0.717, 1.165) is 43.8 Å². The van der Waals surface area contributed by atoms with Crippen molar-refractivity contribution in [3.05, 3.63) is 30.3 Å². The van der Waals surface area contributed by atoms with Gasteiger partial charge in [0, 0.05) is 24.8 Å². The highest BCUT2D eigenvalue weighted by Gasteiger charge is 2.52. The van der Waals surface area contributed by atoms with Crippen LogP contribution < -0.4 is 10.2 Å². The Morgan fingerprint density at radius 3 is 2.43 bits per heavy atom. The minimum absolute atomic E-state index is 0. The second-order valence-electron chi connectivity index (χ2n) is 9.21. The summed E-state index contributed by atoms with van der Waals surface area (Å²) in [6, 6.07) is 11.3. The van der Waals surface area contributed by atoms with E-state index in [2.05, 4.69) is 39.4 Å². The van der Waals surface area contributed by atoms with Crippen molar-refractivity contribution >= 4 is 24.0 Å². The van der Waals surface area contributed by atoms with Crippen LogP contribution in [0.1, 0.15) is 57.8 Å². The number of piperidine rings is 1. The van der Waals surface area contributed by atoms with Gasteiger partial charge in [0.2, 0.25) is 5.91 Å². The molecule has 0 radical (unpaired) electrons. The molecule has 5 heteroatoms. The largest absolute Gasteiger partial charge is 0.339 e. The first-order chi connectivity index (χ1) is 13.3. The van der Waals surface area contributed by atoms with Gasteiger partial charge in [0.05, 0.1) is 6.67 Å². The second-order valence-corrected chi connectivity index (χ2v) is 9.21. The molecule has 1 amide bonds. The van der Waals surface area contributed by atoms with Gasteiger partial charge < -0.3 is 10.2 Å². The van der Waals surface area contributed by atoms with Crippen molar-refractivity contribution in [1.82, 2.24) is 10.2 Å². The molecule has 0 aromatic heterocycles. The lowest BCUT2D eigenvalue weighted by molar-refractivity contribution is -0.126. The number of fused-ring (bicyclic) bond motifs is 1. The number of hydrogen-bond acceptors (Lipinski definition) is 3. The van der Waals surface area contributed by atoms with E-state index < -0.39 is 0 Å². The summed E-state index contributed by atoms with van der Waals surface area (Å²) in [5.74, 6) is 2.16. The molecule has 3 unspecified atom stereocenters. The summed E-state index contributed by atoms with van der Waals surface area (Å²) in [5.41, 5.74) is 0.843. The third-order valence-corrected chi connectivity index (χ3v) is 8.01. The summed E-state index contributed by atoms with van der Waals surface area (Å²) in [5, 5.41) is 3.13. The summed E-state index contributed by atoms with van der Waals surface area (Å²) in [4.78, 5) is 17.9. The highest BCUT2D eigenvalue weighted by atomic mass is 35.5. The molecule has 2 aliphatic heterocycles. The highest BCUT2D eigenvalue weighted by molar-refractivity contribution is 5.93. The molecular weight excluding hydrogens is 370 g/mol. The number of amides is 1. The highest BCUT2D eigenvalue weighted by Crippen LogP contribution is 2.47. The number of carbonyl (C=O) groups excluding carboxylic acids is 1. The third-order valence-electron chi connectivity index (χ3n) is 8.01. The predicted octanol–water partition coefficient (Wildman–Crippen LogP) is 4.20. The van der Waals surface area contributed by atoms with E-state index in [-0.39, 0.29) is 23.9 Å². The second kappa shape index (κ2) is 8.23. The maximum absolute atomic E-state index is 12.8. The molecule has 1 aromatic rings. The average Bonchev–Trinajstić information content (AvgIpc) is 2.99. The summed E-state index contributed by atoms with van der Waals surface area (Å²) in [6.07, 6.45) is 12.0. The maximum Gasteiger partial charge on any atom is 0.247 e. The van der Waals surface area contributed by atoms with Crippen molar-refractivity contribution in [3.8, 4) is 0 Å². The molecule has 2 aliphatic carbocycles. The number of carbonyl (C=O) groups is 1. The number of nitrogens with one attached hydrogen (secondary N) is 1. The van der Waals surface area contributed by atoms with Crippen molar-refractivity contribution < 1.29 is 4.79 Å². The smallest absolute Gasteiger partial charge is 0.247 e. The molecule has 2 saturated carbocycles. The Hall–Kier alpha value is -1.26. The summed E-state index contributed by atoms with van der Waals surface area (Å²) < 4.78 is 0. The van der Waals surface area contributed by atoms with E-state index in [9.17, 15) is 4.79 Å². The zero-order chi connectivity index (χ0) is 18.3. The summed E-state index contributed by atoms with van der Waals surface area (Å²) >= 11 is 0. The SMILES string of the molecule is Cl.O=C1NCN(c2ccccc2)C12CCN(C1CC3CCCCCCC31)CC2. The normalized spacial score (nSPS) is 32.5. The van der Waals surface area contributed by atoms with Crippen molar-refractivity contribution in [1.29, 1.82) is 0 Å².